The number of halogens is 1. The Balaban J connectivity index is 1.78. The fourth-order valence-corrected chi connectivity index (χ4v) is 3.83. The van der Waals surface area contributed by atoms with E-state index in [1.54, 1.807) is 6.20 Å². The van der Waals surface area contributed by atoms with Gasteiger partial charge in [-0.1, -0.05) is 41.6 Å². The molecule has 3 rings (SSSR count). The lowest BCUT2D eigenvalue weighted by atomic mass is 10.2. The van der Waals surface area contributed by atoms with E-state index in [2.05, 4.69) is 9.55 Å². The molecule has 0 unspecified atom stereocenters. The van der Waals surface area contributed by atoms with E-state index in [-0.39, 0.29) is 5.78 Å². The number of aromatic nitrogens is 3. The summed E-state index contributed by atoms with van der Waals surface area (Å²) in [5.74, 6) is 0.493. The molecule has 2 heterocycles. The molecule has 0 aliphatic rings. The summed E-state index contributed by atoms with van der Waals surface area (Å²) in [5.41, 5.74) is 3.85. The van der Waals surface area contributed by atoms with Crippen LogP contribution in [0.4, 0.5) is 0 Å². The lowest BCUT2D eigenvalue weighted by Crippen LogP contribution is -2.08. The summed E-state index contributed by atoms with van der Waals surface area (Å²) in [4.78, 5) is 16.9. The van der Waals surface area contributed by atoms with Gasteiger partial charge in [0.1, 0.15) is 0 Å². The zero-order valence-corrected chi connectivity index (χ0v) is 16.1. The first-order valence-electron chi connectivity index (χ1n) is 8.01. The number of hydrogen-bond donors (Lipinski definition) is 0. The Kier molecular flexibility index (Phi) is 5.35. The molecule has 0 amide bonds. The Labute approximate surface area is 156 Å². The molecule has 3 aromatic rings. The van der Waals surface area contributed by atoms with Crippen molar-refractivity contribution < 1.29 is 4.79 Å². The third-order valence-electron chi connectivity index (χ3n) is 4.27. The first-order valence-corrected chi connectivity index (χ1v) is 9.37. The molecule has 6 heteroatoms. The molecule has 0 radical (unpaired) electrons. The number of Topliss-reactive ketones (excluding diaryl/α,β-unsaturated/α-hetero) is 1. The Hall–Kier alpha value is -1.98. The molecular formula is C19H20ClN3OS. The maximum Gasteiger partial charge on any atom is 0.175 e. The van der Waals surface area contributed by atoms with Gasteiger partial charge in [-0.2, -0.15) is 0 Å². The second-order valence-electron chi connectivity index (χ2n) is 5.99. The van der Waals surface area contributed by atoms with E-state index >= 15 is 0 Å². The Morgan fingerprint density at radius 3 is 2.72 bits per heavy atom. The van der Waals surface area contributed by atoms with Gasteiger partial charge in [-0.25, -0.2) is 4.98 Å². The van der Waals surface area contributed by atoms with Gasteiger partial charge < -0.3 is 9.13 Å². The molecule has 0 spiro atoms. The zero-order chi connectivity index (χ0) is 18.0. The third-order valence-corrected chi connectivity index (χ3v) is 5.70. The van der Waals surface area contributed by atoms with E-state index in [0.717, 1.165) is 32.7 Å². The zero-order valence-electron chi connectivity index (χ0n) is 14.5. The molecule has 1 aromatic carbocycles. The molecule has 2 aromatic heterocycles. The SMILES string of the molecule is Cc1cc(C(=O)CSc2nccn2C)c(C)n1Cc1ccccc1Cl. The van der Waals surface area contributed by atoms with E-state index in [9.17, 15) is 4.79 Å². The number of nitrogens with zero attached hydrogens (tertiary/aromatic N) is 3. The van der Waals surface area contributed by atoms with Crippen molar-refractivity contribution in [3.05, 3.63) is 70.3 Å². The number of carbonyl (C=O) groups is 1. The highest BCUT2D eigenvalue weighted by Gasteiger charge is 2.17. The van der Waals surface area contributed by atoms with Gasteiger partial charge in [0, 0.05) is 48.0 Å². The van der Waals surface area contributed by atoms with Crippen molar-refractivity contribution in [1.82, 2.24) is 14.1 Å². The van der Waals surface area contributed by atoms with E-state index in [1.807, 2.05) is 62.0 Å². The molecule has 0 saturated carbocycles. The van der Waals surface area contributed by atoms with E-state index in [4.69, 9.17) is 11.6 Å². The number of hydrogen-bond acceptors (Lipinski definition) is 3. The first-order chi connectivity index (χ1) is 12.0. The Bertz CT molecular complexity index is 913. The maximum absolute atomic E-state index is 12.7. The highest BCUT2D eigenvalue weighted by molar-refractivity contribution is 7.99. The van der Waals surface area contributed by atoms with Gasteiger partial charge in [-0.3, -0.25) is 4.79 Å². The second-order valence-corrected chi connectivity index (χ2v) is 7.34. The summed E-state index contributed by atoms with van der Waals surface area (Å²) in [5, 5.41) is 1.59. The van der Waals surface area contributed by atoms with Crippen LogP contribution in [-0.2, 0) is 13.6 Å². The number of aryl methyl sites for hydroxylation is 2. The van der Waals surface area contributed by atoms with Crippen molar-refractivity contribution in [2.75, 3.05) is 5.75 Å². The van der Waals surface area contributed by atoms with E-state index in [0.29, 0.717) is 12.3 Å². The molecule has 4 nitrogen and oxygen atoms in total. The van der Waals surface area contributed by atoms with E-state index in [1.165, 1.54) is 11.8 Å². The smallest absolute Gasteiger partial charge is 0.175 e. The molecular weight excluding hydrogens is 354 g/mol. The predicted molar refractivity (Wildman–Crippen MR) is 103 cm³/mol. The Morgan fingerprint density at radius 2 is 2.04 bits per heavy atom. The van der Waals surface area contributed by atoms with Gasteiger partial charge in [-0.15, -0.1) is 0 Å². The minimum Gasteiger partial charge on any atom is -0.344 e. The number of ketones is 1. The largest absolute Gasteiger partial charge is 0.344 e. The van der Waals surface area contributed by atoms with Crippen molar-refractivity contribution in [2.45, 2.75) is 25.5 Å². The van der Waals surface area contributed by atoms with Gasteiger partial charge in [0.25, 0.3) is 0 Å². The third kappa shape index (κ3) is 3.83. The van der Waals surface area contributed by atoms with Crippen molar-refractivity contribution in [3.63, 3.8) is 0 Å². The lowest BCUT2D eigenvalue weighted by Gasteiger charge is -2.11. The van der Waals surface area contributed by atoms with Crippen molar-refractivity contribution >= 4 is 29.1 Å². The van der Waals surface area contributed by atoms with Crippen LogP contribution < -0.4 is 0 Å². The van der Waals surface area contributed by atoms with Crippen molar-refractivity contribution in [1.29, 1.82) is 0 Å². The first kappa shape index (κ1) is 17.8. The predicted octanol–water partition coefficient (Wildman–Crippen LogP) is 4.52. The number of thioether (sulfide) groups is 1. The lowest BCUT2D eigenvalue weighted by molar-refractivity contribution is 0.102. The summed E-state index contributed by atoms with van der Waals surface area (Å²) in [7, 11) is 1.93. The van der Waals surface area contributed by atoms with Gasteiger partial charge in [0.2, 0.25) is 0 Å². The van der Waals surface area contributed by atoms with Crippen LogP contribution in [0.1, 0.15) is 27.3 Å². The fraction of sp³-hybridized carbons (Fsp3) is 0.263. The van der Waals surface area contributed by atoms with Gasteiger partial charge in [0.15, 0.2) is 10.9 Å². The van der Waals surface area contributed by atoms with Crippen LogP contribution in [0.25, 0.3) is 0 Å². The quantitative estimate of drug-likeness (QED) is 0.471. The number of carbonyl (C=O) groups excluding carboxylic acids is 1. The normalized spacial score (nSPS) is 11.0. The summed E-state index contributed by atoms with van der Waals surface area (Å²) in [6.07, 6.45) is 3.62. The minimum atomic E-state index is 0.117. The summed E-state index contributed by atoms with van der Waals surface area (Å²) < 4.78 is 4.05. The van der Waals surface area contributed by atoms with Crippen molar-refractivity contribution in [2.24, 2.45) is 7.05 Å². The minimum absolute atomic E-state index is 0.117. The van der Waals surface area contributed by atoms with Crippen LogP contribution in [0, 0.1) is 13.8 Å². The number of benzene rings is 1. The average Bonchev–Trinajstić information content (AvgIpc) is 3.12. The highest BCUT2D eigenvalue weighted by atomic mass is 35.5. The van der Waals surface area contributed by atoms with Gasteiger partial charge in [-0.05, 0) is 31.5 Å². The van der Waals surface area contributed by atoms with Crippen LogP contribution >= 0.6 is 23.4 Å². The molecule has 0 N–H and O–H groups in total. The molecule has 130 valence electrons. The molecule has 0 aliphatic heterocycles. The fourth-order valence-electron chi connectivity index (χ4n) is 2.82. The van der Waals surface area contributed by atoms with Crippen LogP contribution in [0.15, 0.2) is 47.9 Å². The maximum atomic E-state index is 12.7. The highest BCUT2D eigenvalue weighted by Crippen LogP contribution is 2.23. The molecule has 0 fully saturated rings. The van der Waals surface area contributed by atoms with E-state index < -0.39 is 0 Å². The summed E-state index contributed by atoms with van der Waals surface area (Å²) in [6, 6.07) is 9.77. The number of rotatable bonds is 6. The van der Waals surface area contributed by atoms with Gasteiger partial charge in [0.05, 0.1) is 5.75 Å². The Morgan fingerprint density at radius 1 is 1.28 bits per heavy atom. The monoisotopic (exact) mass is 373 g/mol. The van der Waals surface area contributed by atoms with Crippen LogP contribution in [0.2, 0.25) is 5.02 Å². The molecule has 0 saturated heterocycles. The molecule has 25 heavy (non-hydrogen) atoms. The van der Waals surface area contributed by atoms with Gasteiger partial charge >= 0.3 is 0 Å². The number of imidazole rings is 1. The standard InChI is InChI=1S/C19H20ClN3OS/c1-13-10-16(18(24)12-25-19-21-8-9-22(19)3)14(2)23(13)11-15-6-4-5-7-17(15)20/h4-10H,11-12H2,1-3H3. The molecule has 0 bridgehead atoms. The molecule has 0 aliphatic carbocycles. The van der Waals surface area contributed by atoms with Crippen LogP contribution in [-0.4, -0.2) is 25.7 Å². The summed E-state index contributed by atoms with van der Waals surface area (Å²) >= 11 is 7.74. The second kappa shape index (κ2) is 7.50. The van der Waals surface area contributed by atoms with Crippen LogP contribution in [0.5, 0.6) is 0 Å². The summed E-state index contributed by atoms with van der Waals surface area (Å²) in [6.45, 7) is 4.67. The van der Waals surface area contributed by atoms with Crippen LogP contribution in [0.3, 0.4) is 0 Å². The van der Waals surface area contributed by atoms with Crippen molar-refractivity contribution in [3.8, 4) is 0 Å². The molecule has 0 atom stereocenters. The topological polar surface area (TPSA) is 39.8 Å². The average molecular weight is 374 g/mol.